The molecular weight excluding hydrogens is 296 g/mol. The average Bonchev–Trinajstić information content (AvgIpc) is 2.41. The molecule has 1 aliphatic rings. The van der Waals surface area contributed by atoms with Crippen molar-refractivity contribution in [2.75, 3.05) is 7.05 Å². The van der Waals surface area contributed by atoms with Crippen molar-refractivity contribution in [3.05, 3.63) is 29.8 Å². The Morgan fingerprint density at radius 2 is 1.90 bits per heavy atom. The number of hydrogen-bond donors (Lipinski definition) is 1. The summed E-state index contributed by atoms with van der Waals surface area (Å²) in [4.78, 5) is -0.149. The molecule has 21 heavy (non-hydrogen) atoms. The van der Waals surface area contributed by atoms with Crippen molar-refractivity contribution in [2.45, 2.75) is 49.3 Å². The van der Waals surface area contributed by atoms with Crippen molar-refractivity contribution in [3.63, 3.8) is 0 Å². The second-order valence-corrected chi connectivity index (χ2v) is 8.63. The highest BCUT2D eigenvalue weighted by Gasteiger charge is 2.42. The standard InChI is InChI=1S/C15H21F2NO2S/c1-15(2)7-6-13(18-3)14(9-15)21(19,20)10-4-5-11(16)12(17)8-10/h4-5,8,13-14,18H,6-7,9H2,1-3H3. The van der Waals surface area contributed by atoms with E-state index in [9.17, 15) is 17.2 Å². The molecule has 0 heterocycles. The maximum atomic E-state index is 13.4. The second-order valence-electron chi connectivity index (χ2n) is 6.46. The van der Waals surface area contributed by atoms with Crippen LogP contribution in [0.4, 0.5) is 8.78 Å². The van der Waals surface area contributed by atoms with Gasteiger partial charge in [0.2, 0.25) is 0 Å². The van der Waals surface area contributed by atoms with E-state index in [1.54, 1.807) is 7.05 Å². The van der Waals surface area contributed by atoms with Crippen LogP contribution in [0.5, 0.6) is 0 Å². The van der Waals surface area contributed by atoms with Crippen LogP contribution in [0.3, 0.4) is 0 Å². The first-order valence-corrected chi connectivity index (χ1v) is 8.58. The summed E-state index contributed by atoms with van der Waals surface area (Å²) in [5, 5.41) is 2.42. The van der Waals surface area contributed by atoms with Crippen molar-refractivity contribution in [2.24, 2.45) is 5.41 Å². The molecule has 1 aromatic rings. The van der Waals surface area contributed by atoms with E-state index in [0.717, 1.165) is 31.0 Å². The molecule has 0 radical (unpaired) electrons. The van der Waals surface area contributed by atoms with Gasteiger partial charge in [-0.05, 0) is 49.9 Å². The van der Waals surface area contributed by atoms with Gasteiger partial charge >= 0.3 is 0 Å². The zero-order valence-corrected chi connectivity index (χ0v) is 13.3. The van der Waals surface area contributed by atoms with E-state index >= 15 is 0 Å². The van der Waals surface area contributed by atoms with Gasteiger partial charge in [0.25, 0.3) is 0 Å². The summed E-state index contributed by atoms with van der Waals surface area (Å²) in [6, 6.07) is 2.61. The van der Waals surface area contributed by atoms with Crippen LogP contribution in [0.25, 0.3) is 0 Å². The maximum absolute atomic E-state index is 13.4. The summed E-state index contributed by atoms with van der Waals surface area (Å²) in [5.74, 6) is -2.17. The predicted octanol–water partition coefficient (Wildman–Crippen LogP) is 2.91. The number of sulfone groups is 1. The first kappa shape index (κ1) is 16.4. The first-order chi connectivity index (χ1) is 9.67. The predicted molar refractivity (Wildman–Crippen MR) is 77.8 cm³/mol. The van der Waals surface area contributed by atoms with Crippen molar-refractivity contribution < 1.29 is 17.2 Å². The monoisotopic (exact) mass is 317 g/mol. The van der Waals surface area contributed by atoms with Crippen LogP contribution < -0.4 is 5.32 Å². The number of benzene rings is 1. The van der Waals surface area contributed by atoms with Gasteiger partial charge in [-0.3, -0.25) is 0 Å². The zero-order chi connectivity index (χ0) is 15.8. The Bertz CT molecular complexity index is 629. The van der Waals surface area contributed by atoms with E-state index in [2.05, 4.69) is 5.32 Å². The molecule has 1 aliphatic carbocycles. The van der Waals surface area contributed by atoms with Crippen LogP contribution in [0.1, 0.15) is 33.1 Å². The normalized spacial score (nSPS) is 25.8. The smallest absolute Gasteiger partial charge is 0.182 e. The van der Waals surface area contributed by atoms with Crippen molar-refractivity contribution >= 4 is 9.84 Å². The lowest BCUT2D eigenvalue weighted by Crippen LogP contribution is -2.48. The molecule has 1 aromatic carbocycles. The molecule has 0 aliphatic heterocycles. The van der Waals surface area contributed by atoms with Crippen molar-refractivity contribution in [3.8, 4) is 0 Å². The third-order valence-corrected chi connectivity index (χ3v) is 6.53. The minimum Gasteiger partial charge on any atom is -0.316 e. The van der Waals surface area contributed by atoms with Gasteiger partial charge in [0.1, 0.15) is 0 Å². The number of halogens is 2. The quantitative estimate of drug-likeness (QED) is 0.872. The Kier molecular flexibility index (Phi) is 4.40. The Labute approximate surface area is 124 Å². The molecule has 1 fully saturated rings. The van der Waals surface area contributed by atoms with Crippen LogP contribution in [0, 0.1) is 17.0 Å². The Hall–Kier alpha value is -1.01. The summed E-state index contributed by atoms with van der Waals surface area (Å²) in [6.07, 6.45) is 2.18. The van der Waals surface area contributed by atoms with Crippen LogP contribution in [-0.4, -0.2) is 26.8 Å². The fraction of sp³-hybridized carbons (Fsp3) is 0.600. The third kappa shape index (κ3) is 3.26. The number of rotatable bonds is 3. The van der Waals surface area contributed by atoms with Gasteiger partial charge in [-0.2, -0.15) is 0 Å². The molecule has 1 saturated carbocycles. The summed E-state index contributed by atoms with van der Waals surface area (Å²) in [5.41, 5.74) is -0.0797. The molecule has 1 N–H and O–H groups in total. The molecular formula is C15H21F2NO2S. The lowest BCUT2D eigenvalue weighted by Gasteiger charge is -2.40. The van der Waals surface area contributed by atoms with Gasteiger partial charge < -0.3 is 5.32 Å². The minimum absolute atomic E-state index is 0.0797. The highest BCUT2D eigenvalue weighted by Crippen LogP contribution is 2.40. The minimum atomic E-state index is -3.70. The van der Waals surface area contributed by atoms with Crippen LogP contribution >= 0.6 is 0 Å². The molecule has 0 amide bonds. The fourth-order valence-corrected chi connectivity index (χ4v) is 5.26. The summed E-state index contributed by atoms with van der Waals surface area (Å²) >= 11 is 0. The molecule has 2 atom stereocenters. The van der Waals surface area contributed by atoms with Gasteiger partial charge in [0, 0.05) is 6.04 Å². The highest BCUT2D eigenvalue weighted by atomic mass is 32.2. The fourth-order valence-electron chi connectivity index (χ4n) is 3.01. The molecule has 0 aromatic heterocycles. The Morgan fingerprint density at radius 3 is 2.48 bits per heavy atom. The number of hydrogen-bond acceptors (Lipinski definition) is 3. The Balaban J connectivity index is 2.42. The first-order valence-electron chi connectivity index (χ1n) is 7.03. The van der Waals surface area contributed by atoms with Gasteiger partial charge in [0.05, 0.1) is 10.1 Å². The number of nitrogens with one attached hydrogen (secondary N) is 1. The van der Waals surface area contributed by atoms with E-state index < -0.39 is 26.7 Å². The van der Waals surface area contributed by atoms with Crippen molar-refractivity contribution in [1.82, 2.24) is 5.32 Å². The largest absolute Gasteiger partial charge is 0.316 e. The van der Waals surface area contributed by atoms with Gasteiger partial charge in [-0.15, -0.1) is 0 Å². The molecule has 0 saturated heterocycles. The summed E-state index contributed by atoms with van der Waals surface area (Å²) < 4.78 is 51.9. The average molecular weight is 317 g/mol. The van der Waals surface area contributed by atoms with Crippen LogP contribution in [-0.2, 0) is 9.84 Å². The molecule has 6 heteroatoms. The molecule has 0 spiro atoms. The molecule has 2 unspecified atom stereocenters. The lowest BCUT2D eigenvalue weighted by molar-refractivity contribution is 0.213. The van der Waals surface area contributed by atoms with E-state index in [1.807, 2.05) is 13.8 Å². The van der Waals surface area contributed by atoms with Crippen molar-refractivity contribution in [1.29, 1.82) is 0 Å². The maximum Gasteiger partial charge on any atom is 0.182 e. The topological polar surface area (TPSA) is 46.2 Å². The van der Waals surface area contributed by atoms with Gasteiger partial charge in [-0.1, -0.05) is 13.8 Å². The van der Waals surface area contributed by atoms with E-state index in [0.29, 0.717) is 6.42 Å². The van der Waals surface area contributed by atoms with E-state index in [1.165, 1.54) is 0 Å². The van der Waals surface area contributed by atoms with Crippen LogP contribution in [0.2, 0.25) is 0 Å². The van der Waals surface area contributed by atoms with Crippen LogP contribution in [0.15, 0.2) is 23.1 Å². The second kappa shape index (κ2) is 5.65. The summed E-state index contributed by atoms with van der Waals surface area (Å²) in [6.45, 7) is 4.07. The van der Waals surface area contributed by atoms with E-state index in [-0.39, 0.29) is 16.4 Å². The molecule has 3 nitrogen and oxygen atoms in total. The van der Waals surface area contributed by atoms with Gasteiger partial charge in [0.15, 0.2) is 21.5 Å². The molecule has 2 rings (SSSR count). The van der Waals surface area contributed by atoms with E-state index in [4.69, 9.17) is 0 Å². The molecule has 0 bridgehead atoms. The SMILES string of the molecule is CNC1CCC(C)(C)CC1S(=O)(=O)c1ccc(F)c(F)c1. The third-order valence-electron chi connectivity index (χ3n) is 4.32. The van der Waals surface area contributed by atoms with Gasteiger partial charge in [-0.25, -0.2) is 17.2 Å². The Morgan fingerprint density at radius 1 is 1.24 bits per heavy atom. The molecule has 118 valence electrons. The highest BCUT2D eigenvalue weighted by molar-refractivity contribution is 7.92. The zero-order valence-electron chi connectivity index (χ0n) is 12.5. The summed E-state index contributed by atoms with van der Waals surface area (Å²) in [7, 11) is -1.97. The lowest BCUT2D eigenvalue weighted by atomic mass is 9.75.